The zero-order valence-electron chi connectivity index (χ0n) is 11.0. The molecule has 1 rings (SSSR count). The molecule has 1 heterocycles. The zero-order valence-corrected chi connectivity index (χ0v) is 11.8. The van der Waals surface area contributed by atoms with Crippen LogP contribution in [0, 0.1) is 10.1 Å². The minimum atomic E-state index is -0.488. The van der Waals surface area contributed by atoms with Gasteiger partial charge in [0.15, 0.2) is 5.03 Å². The van der Waals surface area contributed by atoms with Crippen molar-refractivity contribution in [2.75, 3.05) is 18.5 Å². The van der Waals surface area contributed by atoms with Gasteiger partial charge in [0.05, 0.1) is 4.92 Å². The van der Waals surface area contributed by atoms with Crippen molar-refractivity contribution in [1.82, 2.24) is 9.97 Å². The first kappa shape index (κ1) is 15.6. The van der Waals surface area contributed by atoms with Gasteiger partial charge in [0.1, 0.15) is 6.20 Å². The molecule has 2 N–H and O–H groups in total. The molecule has 0 spiro atoms. The maximum absolute atomic E-state index is 10.9. The average molecular weight is 286 g/mol. The SMILES string of the molecule is CCCNc1ncc([N+](=O)[O-])c(SC(C)CCO)n1. The Hall–Kier alpha value is -1.41. The van der Waals surface area contributed by atoms with E-state index in [1.54, 1.807) is 0 Å². The van der Waals surface area contributed by atoms with E-state index in [0.29, 0.717) is 23.9 Å². The van der Waals surface area contributed by atoms with Crippen molar-refractivity contribution in [2.24, 2.45) is 0 Å². The first-order valence-electron chi connectivity index (χ1n) is 6.11. The van der Waals surface area contributed by atoms with Gasteiger partial charge in [-0.3, -0.25) is 10.1 Å². The van der Waals surface area contributed by atoms with E-state index in [0.717, 1.165) is 6.42 Å². The Labute approximate surface area is 116 Å². The molecular weight excluding hydrogens is 268 g/mol. The molecule has 1 unspecified atom stereocenters. The van der Waals surface area contributed by atoms with Crippen LogP contribution < -0.4 is 5.32 Å². The van der Waals surface area contributed by atoms with E-state index in [1.165, 1.54) is 18.0 Å². The lowest BCUT2D eigenvalue weighted by atomic mass is 10.3. The summed E-state index contributed by atoms with van der Waals surface area (Å²) in [5.74, 6) is 0.395. The number of nitrogens with zero attached hydrogens (tertiary/aromatic N) is 3. The van der Waals surface area contributed by atoms with Crippen LogP contribution >= 0.6 is 11.8 Å². The van der Waals surface area contributed by atoms with Crippen LogP contribution in [0.5, 0.6) is 0 Å². The molecule has 7 nitrogen and oxygen atoms in total. The Morgan fingerprint density at radius 1 is 1.63 bits per heavy atom. The number of thioether (sulfide) groups is 1. The molecule has 106 valence electrons. The van der Waals surface area contributed by atoms with Crippen LogP contribution in [0.1, 0.15) is 26.7 Å². The standard InChI is InChI=1S/C11H18N4O3S/c1-3-5-12-11-13-7-9(15(17)18)10(14-11)19-8(2)4-6-16/h7-8,16H,3-6H2,1-2H3,(H,12,13,14). The van der Waals surface area contributed by atoms with Crippen LogP contribution in [0.25, 0.3) is 0 Å². The van der Waals surface area contributed by atoms with Gasteiger partial charge in [0.2, 0.25) is 5.95 Å². The van der Waals surface area contributed by atoms with Crippen molar-refractivity contribution in [1.29, 1.82) is 0 Å². The normalized spacial score (nSPS) is 12.2. The molecule has 8 heteroatoms. The topological polar surface area (TPSA) is 101 Å². The Kier molecular flexibility index (Phi) is 6.51. The summed E-state index contributed by atoms with van der Waals surface area (Å²) in [7, 11) is 0. The van der Waals surface area contributed by atoms with Crippen LogP contribution in [0.3, 0.4) is 0 Å². The molecule has 0 radical (unpaired) electrons. The molecule has 0 aliphatic carbocycles. The summed E-state index contributed by atoms with van der Waals surface area (Å²) in [5.41, 5.74) is -0.100. The van der Waals surface area contributed by atoms with E-state index in [1.807, 2.05) is 13.8 Å². The largest absolute Gasteiger partial charge is 0.396 e. The van der Waals surface area contributed by atoms with Crippen LogP contribution in [0.15, 0.2) is 11.2 Å². The zero-order chi connectivity index (χ0) is 14.3. The smallest absolute Gasteiger partial charge is 0.319 e. The number of aliphatic hydroxyl groups is 1. The lowest BCUT2D eigenvalue weighted by Crippen LogP contribution is -2.07. The molecule has 0 bridgehead atoms. The van der Waals surface area contributed by atoms with E-state index in [2.05, 4.69) is 15.3 Å². The molecule has 1 atom stereocenters. The van der Waals surface area contributed by atoms with Gasteiger partial charge < -0.3 is 10.4 Å². The molecular formula is C11H18N4O3S. The van der Waals surface area contributed by atoms with Crippen LogP contribution in [-0.4, -0.2) is 38.4 Å². The van der Waals surface area contributed by atoms with Crippen molar-refractivity contribution in [3.63, 3.8) is 0 Å². The molecule has 1 aromatic heterocycles. The number of nitrogens with one attached hydrogen (secondary N) is 1. The summed E-state index contributed by atoms with van der Waals surface area (Å²) < 4.78 is 0. The third kappa shape index (κ3) is 4.99. The molecule has 19 heavy (non-hydrogen) atoms. The minimum Gasteiger partial charge on any atom is -0.396 e. The quantitative estimate of drug-likeness (QED) is 0.326. The summed E-state index contributed by atoms with van der Waals surface area (Å²) in [5, 5.41) is 23.2. The summed E-state index contributed by atoms with van der Waals surface area (Å²) in [6, 6.07) is 0. The summed E-state index contributed by atoms with van der Waals surface area (Å²) in [6.45, 7) is 4.67. The van der Waals surface area contributed by atoms with E-state index in [-0.39, 0.29) is 17.5 Å². The fraction of sp³-hybridized carbons (Fsp3) is 0.636. The van der Waals surface area contributed by atoms with Gasteiger partial charge in [-0.05, 0) is 12.8 Å². The second-order valence-electron chi connectivity index (χ2n) is 4.01. The predicted molar refractivity (Wildman–Crippen MR) is 74.5 cm³/mol. The van der Waals surface area contributed by atoms with Gasteiger partial charge in [-0.15, -0.1) is 0 Å². The predicted octanol–water partition coefficient (Wildman–Crippen LogP) is 2.07. The summed E-state index contributed by atoms with van der Waals surface area (Å²) in [4.78, 5) is 18.5. The highest BCUT2D eigenvalue weighted by Gasteiger charge is 2.19. The highest BCUT2D eigenvalue weighted by atomic mass is 32.2. The molecule has 0 aromatic carbocycles. The van der Waals surface area contributed by atoms with Gasteiger partial charge in [-0.2, -0.15) is 4.98 Å². The molecule has 1 aromatic rings. The van der Waals surface area contributed by atoms with Crippen molar-refractivity contribution >= 4 is 23.4 Å². The van der Waals surface area contributed by atoms with Crippen molar-refractivity contribution in [2.45, 2.75) is 37.0 Å². The monoisotopic (exact) mass is 286 g/mol. The number of nitro groups is 1. The van der Waals surface area contributed by atoms with Gasteiger partial charge >= 0.3 is 5.69 Å². The van der Waals surface area contributed by atoms with Gasteiger partial charge in [0, 0.05) is 18.4 Å². The second-order valence-corrected chi connectivity index (χ2v) is 5.44. The maximum atomic E-state index is 10.9. The molecule has 0 aliphatic rings. The molecule has 0 saturated heterocycles. The Bertz CT molecular complexity index is 430. The number of aliphatic hydroxyl groups excluding tert-OH is 1. The van der Waals surface area contributed by atoms with Gasteiger partial charge in [-0.25, -0.2) is 4.98 Å². The molecule has 0 saturated carbocycles. The van der Waals surface area contributed by atoms with Crippen LogP contribution in [0.2, 0.25) is 0 Å². The number of aromatic nitrogens is 2. The van der Waals surface area contributed by atoms with Crippen molar-refractivity contribution in [3.05, 3.63) is 16.3 Å². The third-order valence-electron chi connectivity index (χ3n) is 2.31. The van der Waals surface area contributed by atoms with Gasteiger partial charge in [0.25, 0.3) is 0 Å². The molecule has 0 fully saturated rings. The highest BCUT2D eigenvalue weighted by molar-refractivity contribution is 8.00. The van der Waals surface area contributed by atoms with E-state index < -0.39 is 4.92 Å². The molecule has 0 aliphatic heterocycles. The second kappa shape index (κ2) is 7.90. The van der Waals surface area contributed by atoms with Crippen LogP contribution in [0.4, 0.5) is 11.6 Å². The lowest BCUT2D eigenvalue weighted by Gasteiger charge is -2.10. The van der Waals surface area contributed by atoms with Crippen LogP contribution in [-0.2, 0) is 0 Å². The van der Waals surface area contributed by atoms with Gasteiger partial charge in [-0.1, -0.05) is 25.6 Å². The number of rotatable bonds is 8. The first-order valence-corrected chi connectivity index (χ1v) is 6.99. The fourth-order valence-electron chi connectivity index (χ4n) is 1.33. The minimum absolute atomic E-state index is 0.0496. The number of hydrogen-bond donors (Lipinski definition) is 2. The first-order chi connectivity index (χ1) is 9.08. The summed E-state index contributed by atoms with van der Waals surface area (Å²) >= 11 is 1.28. The summed E-state index contributed by atoms with van der Waals surface area (Å²) in [6.07, 6.45) is 2.70. The Balaban J connectivity index is 2.91. The third-order valence-corrected chi connectivity index (χ3v) is 3.48. The Morgan fingerprint density at radius 3 is 2.95 bits per heavy atom. The van der Waals surface area contributed by atoms with E-state index in [9.17, 15) is 10.1 Å². The lowest BCUT2D eigenvalue weighted by molar-refractivity contribution is -0.388. The molecule has 0 amide bonds. The highest BCUT2D eigenvalue weighted by Crippen LogP contribution is 2.31. The Morgan fingerprint density at radius 2 is 2.37 bits per heavy atom. The number of anilines is 1. The fourth-order valence-corrected chi connectivity index (χ4v) is 2.32. The van der Waals surface area contributed by atoms with E-state index >= 15 is 0 Å². The number of hydrogen-bond acceptors (Lipinski definition) is 7. The van der Waals surface area contributed by atoms with Crippen molar-refractivity contribution < 1.29 is 10.0 Å². The van der Waals surface area contributed by atoms with E-state index in [4.69, 9.17) is 5.11 Å². The maximum Gasteiger partial charge on any atom is 0.319 e. The van der Waals surface area contributed by atoms with Crippen molar-refractivity contribution in [3.8, 4) is 0 Å². The average Bonchev–Trinajstić information content (AvgIpc) is 2.36.